The second-order valence-corrected chi connectivity index (χ2v) is 4.15. The van der Waals surface area contributed by atoms with Gasteiger partial charge in [0.05, 0.1) is 6.21 Å². The Hall–Kier alpha value is -0.790. The first-order chi connectivity index (χ1) is 7.43. The summed E-state index contributed by atoms with van der Waals surface area (Å²) in [5.74, 6) is 0. The molecule has 0 saturated carbocycles. The number of oxime groups is 1. The molecular weight excluding hydrogens is 186 g/mol. The van der Waals surface area contributed by atoms with Gasteiger partial charge in [0.25, 0.3) is 0 Å². The SMILES string of the molecule is CCCCCCON=CC1=CCCCC1. The van der Waals surface area contributed by atoms with Crippen molar-refractivity contribution in [3.05, 3.63) is 11.6 Å². The third kappa shape index (κ3) is 6.32. The van der Waals surface area contributed by atoms with E-state index >= 15 is 0 Å². The highest BCUT2D eigenvalue weighted by molar-refractivity contribution is 5.78. The maximum Gasteiger partial charge on any atom is 0.117 e. The van der Waals surface area contributed by atoms with Crippen molar-refractivity contribution in [2.75, 3.05) is 6.61 Å². The van der Waals surface area contributed by atoms with Gasteiger partial charge < -0.3 is 4.84 Å². The summed E-state index contributed by atoms with van der Waals surface area (Å²) >= 11 is 0. The zero-order valence-electron chi connectivity index (χ0n) is 9.87. The van der Waals surface area contributed by atoms with E-state index in [2.05, 4.69) is 18.2 Å². The number of hydrogen-bond donors (Lipinski definition) is 0. The normalized spacial score (nSPS) is 16.7. The molecule has 1 aliphatic rings. The van der Waals surface area contributed by atoms with Crippen LogP contribution in [0.2, 0.25) is 0 Å². The molecule has 2 heteroatoms. The molecule has 1 aliphatic carbocycles. The van der Waals surface area contributed by atoms with E-state index in [0.717, 1.165) is 13.0 Å². The maximum atomic E-state index is 5.21. The number of rotatable bonds is 7. The summed E-state index contributed by atoms with van der Waals surface area (Å²) in [6.07, 6.45) is 14.1. The molecule has 0 aromatic carbocycles. The summed E-state index contributed by atoms with van der Waals surface area (Å²) in [6.45, 7) is 2.98. The average molecular weight is 209 g/mol. The van der Waals surface area contributed by atoms with Gasteiger partial charge in [-0.15, -0.1) is 0 Å². The monoisotopic (exact) mass is 209 g/mol. The first-order valence-corrected chi connectivity index (χ1v) is 6.28. The van der Waals surface area contributed by atoms with Gasteiger partial charge in [-0.1, -0.05) is 31.0 Å². The molecule has 0 bridgehead atoms. The van der Waals surface area contributed by atoms with Crippen molar-refractivity contribution in [2.45, 2.75) is 58.3 Å². The second kappa shape index (κ2) is 8.51. The van der Waals surface area contributed by atoms with Crippen molar-refractivity contribution in [3.8, 4) is 0 Å². The fourth-order valence-corrected chi connectivity index (χ4v) is 1.73. The van der Waals surface area contributed by atoms with E-state index in [9.17, 15) is 0 Å². The van der Waals surface area contributed by atoms with Crippen LogP contribution in [-0.4, -0.2) is 12.8 Å². The molecule has 0 spiro atoms. The Kier molecular flexibility index (Phi) is 6.97. The minimum absolute atomic E-state index is 0.768. The Bertz CT molecular complexity index is 209. The van der Waals surface area contributed by atoms with E-state index in [1.807, 2.05) is 6.21 Å². The number of nitrogens with zero attached hydrogens (tertiary/aromatic N) is 1. The fraction of sp³-hybridized carbons (Fsp3) is 0.769. The predicted molar refractivity (Wildman–Crippen MR) is 65.1 cm³/mol. The molecule has 1 rings (SSSR count). The summed E-state index contributed by atoms with van der Waals surface area (Å²) in [5.41, 5.74) is 1.34. The summed E-state index contributed by atoms with van der Waals surface area (Å²) in [7, 11) is 0. The molecular formula is C13H23NO. The first-order valence-electron chi connectivity index (χ1n) is 6.28. The highest BCUT2D eigenvalue weighted by Gasteiger charge is 1.99. The van der Waals surface area contributed by atoms with Crippen molar-refractivity contribution in [2.24, 2.45) is 5.16 Å². The van der Waals surface area contributed by atoms with Crippen molar-refractivity contribution in [1.29, 1.82) is 0 Å². The molecule has 15 heavy (non-hydrogen) atoms. The molecule has 2 nitrogen and oxygen atoms in total. The molecule has 86 valence electrons. The number of unbranched alkanes of at least 4 members (excludes halogenated alkanes) is 3. The minimum Gasteiger partial charge on any atom is -0.396 e. The molecule has 0 aliphatic heterocycles. The number of allylic oxidation sites excluding steroid dienone is 2. The van der Waals surface area contributed by atoms with Crippen LogP contribution in [0.25, 0.3) is 0 Å². The van der Waals surface area contributed by atoms with Gasteiger partial charge in [-0.3, -0.25) is 0 Å². The van der Waals surface area contributed by atoms with Crippen LogP contribution in [0.1, 0.15) is 58.3 Å². The molecule has 0 aromatic rings. The Morgan fingerprint density at radius 1 is 1.33 bits per heavy atom. The zero-order chi connectivity index (χ0) is 10.8. The van der Waals surface area contributed by atoms with Crippen molar-refractivity contribution < 1.29 is 4.84 Å². The van der Waals surface area contributed by atoms with Gasteiger partial charge in [0, 0.05) is 0 Å². The number of hydrogen-bond acceptors (Lipinski definition) is 2. The highest BCUT2D eigenvalue weighted by atomic mass is 16.6. The molecule has 0 saturated heterocycles. The van der Waals surface area contributed by atoms with Gasteiger partial charge in [-0.2, -0.15) is 0 Å². The van der Waals surface area contributed by atoms with Crippen LogP contribution in [0.5, 0.6) is 0 Å². The van der Waals surface area contributed by atoms with Gasteiger partial charge >= 0.3 is 0 Å². The summed E-state index contributed by atoms with van der Waals surface area (Å²) < 4.78 is 0. The molecule has 0 amide bonds. The standard InChI is InChI=1S/C13H23NO/c1-2-3-4-8-11-15-14-12-13-9-6-5-7-10-13/h9,12H,2-8,10-11H2,1H3. The van der Waals surface area contributed by atoms with Gasteiger partial charge in [-0.25, -0.2) is 0 Å². The molecule has 0 N–H and O–H groups in total. The average Bonchev–Trinajstić information content (AvgIpc) is 2.29. The molecule has 0 atom stereocenters. The molecule has 0 radical (unpaired) electrons. The van der Waals surface area contributed by atoms with E-state index in [4.69, 9.17) is 4.84 Å². The van der Waals surface area contributed by atoms with E-state index in [1.165, 1.54) is 50.5 Å². The van der Waals surface area contributed by atoms with Crippen molar-refractivity contribution in [3.63, 3.8) is 0 Å². The smallest absolute Gasteiger partial charge is 0.117 e. The Morgan fingerprint density at radius 2 is 2.27 bits per heavy atom. The topological polar surface area (TPSA) is 21.6 Å². The molecule has 0 fully saturated rings. The van der Waals surface area contributed by atoms with Crippen LogP contribution < -0.4 is 0 Å². The molecule has 0 aromatic heterocycles. The van der Waals surface area contributed by atoms with Crippen LogP contribution in [0.3, 0.4) is 0 Å². The highest BCUT2D eigenvalue weighted by Crippen LogP contribution is 2.15. The lowest BCUT2D eigenvalue weighted by Crippen LogP contribution is -1.94. The van der Waals surface area contributed by atoms with Crippen molar-refractivity contribution in [1.82, 2.24) is 0 Å². The van der Waals surface area contributed by atoms with E-state index < -0.39 is 0 Å². The largest absolute Gasteiger partial charge is 0.396 e. The Morgan fingerprint density at radius 3 is 3.00 bits per heavy atom. The van der Waals surface area contributed by atoms with Crippen LogP contribution in [0.4, 0.5) is 0 Å². The van der Waals surface area contributed by atoms with Crippen LogP contribution >= 0.6 is 0 Å². The minimum atomic E-state index is 0.768. The van der Waals surface area contributed by atoms with Gasteiger partial charge in [0.2, 0.25) is 0 Å². The van der Waals surface area contributed by atoms with Gasteiger partial charge in [0.15, 0.2) is 0 Å². The van der Waals surface area contributed by atoms with E-state index in [-0.39, 0.29) is 0 Å². The summed E-state index contributed by atoms with van der Waals surface area (Å²) in [4.78, 5) is 5.21. The quantitative estimate of drug-likeness (QED) is 0.352. The third-order valence-electron chi connectivity index (χ3n) is 2.71. The second-order valence-electron chi connectivity index (χ2n) is 4.15. The molecule has 0 unspecified atom stereocenters. The van der Waals surface area contributed by atoms with Gasteiger partial charge in [-0.05, 0) is 44.1 Å². The lowest BCUT2D eigenvalue weighted by Gasteiger charge is -2.07. The summed E-state index contributed by atoms with van der Waals surface area (Å²) in [5, 5.41) is 4.00. The third-order valence-corrected chi connectivity index (χ3v) is 2.71. The Labute approximate surface area is 93.4 Å². The molecule has 0 heterocycles. The summed E-state index contributed by atoms with van der Waals surface area (Å²) in [6, 6.07) is 0. The zero-order valence-corrected chi connectivity index (χ0v) is 9.87. The Balaban J connectivity index is 1.98. The van der Waals surface area contributed by atoms with Crippen LogP contribution in [-0.2, 0) is 4.84 Å². The fourth-order valence-electron chi connectivity index (χ4n) is 1.73. The van der Waals surface area contributed by atoms with Gasteiger partial charge in [0.1, 0.15) is 6.61 Å². The first kappa shape index (κ1) is 12.3. The maximum absolute atomic E-state index is 5.21. The predicted octanol–water partition coefficient (Wildman–Crippen LogP) is 4.07. The lowest BCUT2D eigenvalue weighted by atomic mass is 10.0. The van der Waals surface area contributed by atoms with Crippen LogP contribution in [0, 0.1) is 0 Å². The van der Waals surface area contributed by atoms with E-state index in [0.29, 0.717) is 0 Å². The van der Waals surface area contributed by atoms with E-state index in [1.54, 1.807) is 0 Å². The lowest BCUT2D eigenvalue weighted by molar-refractivity contribution is 0.141. The van der Waals surface area contributed by atoms with Crippen molar-refractivity contribution >= 4 is 6.21 Å². The van der Waals surface area contributed by atoms with Crippen LogP contribution in [0.15, 0.2) is 16.8 Å².